The SMILES string of the molecule is COc1ccc(S(=O)(=O)NCC(=O)NCc2ccccc2C)cc1Cl. The first-order chi connectivity index (χ1) is 11.8. The van der Waals surface area contributed by atoms with Gasteiger partial charge >= 0.3 is 0 Å². The van der Waals surface area contributed by atoms with E-state index < -0.39 is 15.9 Å². The molecular weight excluding hydrogens is 364 g/mol. The van der Waals surface area contributed by atoms with Crippen molar-refractivity contribution >= 4 is 27.5 Å². The number of hydrogen-bond acceptors (Lipinski definition) is 4. The molecule has 2 aromatic carbocycles. The molecule has 0 aliphatic carbocycles. The van der Waals surface area contributed by atoms with Gasteiger partial charge in [0.25, 0.3) is 0 Å². The standard InChI is InChI=1S/C17H19ClN2O4S/c1-12-5-3-4-6-13(12)10-19-17(21)11-20-25(22,23)14-7-8-16(24-2)15(18)9-14/h3-9,20H,10-11H2,1-2H3,(H,19,21). The minimum atomic E-state index is -3.84. The van der Waals surface area contributed by atoms with Gasteiger partial charge in [-0.1, -0.05) is 35.9 Å². The third-order valence-corrected chi connectivity index (χ3v) is 5.29. The molecule has 25 heavy (non-hydrogen) atoms. The number of carbonyl (C=O) groups excluding carboxylic acids is 1. The average molecular weight is 383 g/mol. The molecule has 0 heterocycles. The molecule has 1 amide bonds. The molecule has 0 saturated heterocycles. The molecule has 0 saturated carbocycles. The van der Waals surface area contributed by atoms with Gasteiger partial charge in [0.15, 0.2) is 0 Å². The largest absolute Gasteiger partial charge is 0.495 e. The molecule has 2 aromatic rings. The Hall–Kier alpha value is -2.09. The van der Waals surface area contributed by atoms with Gasteiger partial charge in [0.1, 0.15) is 5.75 Å². The topological polar surface area (TPSA) is 84.5 Å². The summed E-state index contributed by atoms with van der Waals surface area (Å²) >= 11 is 5.93. The molecule has 6 nitrogen and oxygen atoms in total. The van der Waals surface area contributed by atoms with Crippen LogP contribution in [0.25, 0.3) is 0 Å². The Morgan fingerprint density at radius 3 is 2.56 bits per heavy atom. The van der Waals surface area contributed by atoms with Crippen LogP contribution < -0.4 is 14.8 Å². The molecule has 0 radical (unpaired) electrons. The van der Waals surface area contributed by atoms with Gasteiger partial charge in [-0.05, 0) is 36.2 Å². The van der Waals surface area contributed by atoms with Crippen LogP contribution in [0.2, 0.25) is 5.02 Å². The molecular formula is C17H19ClN2O4S. The van der Waals surface area contributed by atoms with Crippen molar-refractivity contribution in [1.29, 1.82) is 0 Å². The summed E-state index contributed by atoms with van der Waals surface area (Å²) in [5, 5.41) is 2.86. The molecule has 0 unspecified atom stereocenters. The second kappa shape index (κ2) is 8.33. The monoisotopic (exact) mass is 382 g/mol. The summed E-state index contributed by atoms with van der Waals surface area (Å²) in [4.78, 5) is 11.9. The number of rotatable bonds is 7. The van der Waals surface area contributed by atoms with Crippen molar-refractivity contribution in [2.75, 3.05) is 13.7 Å². The first-order valence-corrected chi connectivity index (χ1v) is 9.34. The first kappa shape index (κ1) is 19.2. The zero-order valence-corrected chi connectivity index (χ0v) is 15.4. The highest BCUT2D eigenvalue weighted by atomic mass is 35.5. The minimum Gasteiger partial charge on any atom is -0.495 e. The molecule has 0 fully saturated rings. The number of benzene rings is 2. The van der Waals surface area contributed by atoms with Gasteiger partial charge in [0.2, 0.25) is 15.9 Å². The fourth-order valence-electron chi connectivity index (χ4n) is 2.12. The van der Waals surface area contributed by atoms with Crippen LogP contribution in [0.3, 0.4) is 0 Å². The highest BCUT2D eigenvalue weighted by Gasteiger charge is 2.17. The molecule has 2 N–H and O–H groups in total. The zero-order valence-electron chi connectivity index (χ0n) is 13.9. The third-order valence-electron chi connectivity index (χ3n) is 3.59. The number of amides is 1. The van der Waals surface area contributed by atoms with Crippen molar-refractivity contribution in [3.8, 4) is 5.75 Å². The van der Waals surface area contributed by atoms with E-state index in [2.05, 4.69) is 10.0 Å². The molecule has 8 heteroatoms. The highest BCUT2D eigenvalue weighted by Crippen LogP contribution is 2.26. The van der Waals surface area contributed by atoms with E-state index in [1.807, 2.05) is 31.2 Å². The molecule has 0 atom stereocenters. The molecule has 0 aliphatic heterocycles. The Morgan fingerprint density at radius 2 is 1.92 bits per heavy atom. The lowest BCUT2D eigenvalue weighted by Gasteiger charge is -2.10. The number of aryl methyl sites for hydroxylation is 1. The van der Waals surface area contributed by atoms with Crippen molar-refractivity contribution < 1.29 is 17.9 Å². The maximum atomic E-state index is 12.2. The van der Waals surface area contributed by atoms with Gasteiger partial charge in [0.05, 0.1) is 23.6 Å². The van der Waals surface area contributed by atoms with Crippen molar-refractivity contribution in [3.05, 3.63) is 58.6 Å². The second-order valence-electron chi connectivity index (χ2n) is 5.32. The minimum absolute atomic E-state index is 0.0370. The lowest BCUT2D eigenvalue weighted by atomic mass is 10.1. The molecule has 0 aromatic heterocycles. The summed E-state index contributed by atoms with van der Waals surface area (Å²) in [5.41, 5.74) is 2.02. The van der Waals surface area contributed by atoms with Crippen LogP contribution in [0, 0.1) is 6.92 Å². The number of carbonyl (C=O) groups is 1. The zero-order chi connectivity index (χ0) is 18.4. The maximum Gasteiger partial charge on any atom is 0.241 e. The van der Waals surface area contributed by atoms with Crippen LogP contribution in [0.4, 0.5) is 0 Å². The number of ether oxygens (including phenoxy) is 1. The first-order valence-electron chi connectivity index (χ1n) is 7.48. The van der Waals surface area contributed by atoms with E-state index in [-0.39, 0.29) is 16.5 Å². The number of nitrogens with one attached hydrogen (secondary N) is 2. The van der Waals surface area contributed by atoms with Crippen molar-refractivity contribution in [2.24, 2.45) is 0 Å². The Balaban J connectivity index is 1.94. The van der Waals surface area contributed by atoms with E-state index in [9.17, 15) is 13.2 Å². The van der Waals surface area contributed by atoms with E-state index in [0.717, 1.165) is 11.1 Å². The summed E-state index contributed by atoms with van der Waals surface area (Å²) < 4.78 is 31.7. The number of halogens is 1. The van der Waals surface area contributed by atoms with Gasteiger partial charge in [-0.3, -0.25) is 4.79 Å². The smallest absolute Gasteiger partial charge is 0.241 e. The van der Waals surface area contributed by atoms with Gasteiger partial charge in [0, 0.05) is 6.54 Å². The summed E-state index contributed by atoms with van der Waals surface area (Å²) in [7, 11) is -2.41. The third kappa shape index (κ3) is 5.19. The van der Waals surface area contributed by atoms with Crippen molar-refractivity contribution in [2.45, 2.75) is 18.4 Å². The normalized spacial score (nSPS) is 11.2. The summed E-state index contributed by atoms with van der Waals surface area (Å²) in [6, 6.07) is 11.7. The molecule has 0 spiro atoms. The van der Waals surface area contributed by atoms with Crippen molar-refractivity contribution in [1.82, 2.24) is 10.0 Å². The van der Waals surface area contributed by atoms with Crippen LogP contribution in [0.5, 0.6) is 5.75 Å². The van der Waals surface area contributed by atoms with Crippen LogP contribution in [0.15, 0.2) is 47.4 Å². The summed E-state index contributed by atoms with van der Waals surface area (Å²) in [5.74, 6) is -0.0528. The van der Waals surface area contributed by atoms with E-state index in [0.29, 0.717) is 12.3 Å². The van der Waals surface area contributed by atoms with E-state index in [4.69, 9.17) is 16.3 Å². The fourth-order valence-corrected chi connectivity index (χ4v) is 3.45. The second-order valence-corrected chi connectivity index (χ2v) is 7.50. The fraction of sp³-hybridized carbons (Fsp3) is 0.235. The number of sulfonamides is 1. The van der Waals surface area contributed by atoms with Crippen LogP contribution in [0.1, 0.15) is 11.1 Å². The Labute approximate surface area is 152 Å². The Morgan fingerprint density at radius 1 is 1.20 bits per heavy atom. The van der Waals surface area contributed by atoms with Crippen molar-refractivity contribution in [3.63, 3.8) is 0 Å². The van der Waals surface area contributed by atoms with E-state index >= 15 is 0 Å². The van der Waals surface area contributed by atoms with E-state index in [1.165, 1.54) is 25.3 Å². The van der Waals surface area contributed by atoms with Gasteiger partial charge < -0.3 is 10.1 Å². The van der Waals surface area contributed by atoms with Crippen LogP contribution in [-0.4, -0.2) is 28.0 Å². The number of hydrogen-bond donors (Lipinski definition) is 2. The summed E-state index contributed by atoms with van der Waals surface area (Å²) in [6.45, 7) is 1.91. The Bertz CT molecular complexity index is 869. The van der Waals surface area contributed by atoms with E-state index in [1.54, 1.807) is 0 Å². The lowest BCUT2D eigenvalue weighted by Crippen LogP contribution is -2.36. The quantitative estimate of drug-likeness (QED) is 0.769. The average Bonchev–Trinajstić information content (AvgIpc) is 2.59. The maximum absolute atomic E-state index is 12.2. The summed E-state index contributed by atoms with van der Waals surface area (Å²) in [6.07, 6.45) is 0. The van der Waals surface area contributed by atoms with Gasteiger partial charge in [-0.25, -0.2) is 13.1 Å². The van der Waals surface area contributed by atoms with Crippen LogP contribution in [-0.2, 0) is 21.4 Å². The molecule has 2 rings (SSSR count). The Kier molecular flexibility index (Phi) is 6.41. The molecule has 0 aliphatic rings. The highest BCUT2D eigenvalue weighted by molar-refractivity contribution is 7.89. The predicted molar refractivity (Wildman–Crippen MR) is 96.2 cm³/mol. The van der Waals surface area contributed by atoms with Gasteiger partial charge in [-0.15, -0.1) is 0 Å². The predicted octanol–water partition coefficient (Wildman–Crippen LogP) is 2.25. The number of methoxy groups -OCH3 is 1. The molecule has 0 bridgehead atoms. The van der Waals surface area contributed by atoms with Crippen LogP contribution >= 0.6 is 11.6 Å². The lowest BCUT2D eigenvalue weighted by molar-refractivity contribution is -0.120. The molecule has 134 valence electrons. The van der Waals surface area contributed by atoms with Gasteiger partial charge in [-0.2, -0.15) is 0 Å².